The molecular weight excluding hydrogens is 178 g/mol. The molecule has 0 heterocycles. The Bertz CT molecular complexity index is 341. The molecule has 0 aromatic rings. The molecule has 2 rings (SSSR count). The van der Waals surface area contributed by atoms with Crippen molar-refractivity contribution in [2.75, 3.05) is 0 Å². The summed E-state index contributed by atoms with van der Waals surface area (Å²) in [5.74, 6) is 0.378. The van der Waals surface area contributed by atoms with Crippen molar-refractivity contribution in [2.45, 2.75) is 39.7 Å². The van der Waals surface area contributed by atoms with Crippen LogP contribution in [0.3, 0.4) is 0 Å². The third-order valence-electron chi connectivity index (χ3n) is 4.69. The van der Waals surface area contributed by atoms with Gasteiger partial charge in [0.15, 0.2) is 5.78 Å². The summed E-state index contributed by atoms with van der Waals surface area (Å²) in [6.07, 6.45) is 3.48. The van der Waals surface area contributed by atoms with Gasteiger partial charge in [0.1, 0.15) is 6.04 Å². The standard InChI is InChI=1S/C11H15NO2/c1-10(2)7-4-5-11(10,3)9(14)8(7)12-6-13/h7-8H,4-5H2,1-3H3/t7-,8+,11+/m1/s1. The van der Waals surface area contributed by atoms with Crippen molar-refractivity contribution in [1.82, 2.24) is 0 Å². The van der Waals surface area contributed by atoms with Gasteiger partial charge in [0.2, 0.25) is 6.08 Å². The van der Waals surface area contributed by atoms with Gasteiger partial charge in [-0.2, -0.15) is 4.99 Å². The highest BCUT2D eigenvalue weighted by Crippen LogP contribution is 2.64. The Kier molecular flexibility index (Phi) is 1.74. The van der Waals surface area contributed by atoms with E-state index >= 15 is 0 Å². The first-order valence-electron chi connectivity index (χ1n) is 5.06. The van der Waals surface area contributed by atoms with Crippen LogP contribution in [0.5, 0.6) is 0 Å². The SMILES string of the molecule is CC1(C)[C@@H]2CC[C@@]1(C)C(=O)[C@H]2N=C=O. The number of isocyanates is 1. The summed E-state index contributed by atoms with van der Waals surface area (Å²) in [5.41, 5.74) is -0.294. The fourth-order valence-corrected chi connectivity index (χ4v) is 3.24. The Balaban J connectivity index is 2.49. The summed E-state index contributed by atoms with van der Waals surface area (Å²) in [4.78, 5) is 25.9. The van der Waals surface area contributed by atoms with Gasteiger partial charge in [-0.15, -0.1) is 0 Å². The zero-order valence-electron chi connectivity index (χ0n) is 8.83. The molecule has 3 atom stereocenters. The number of nitrogens with zero attached hydrogens (tertiary/aromatic N) is 1. The van der Waals surface area contributed by atoms with E-state index in [9.17, 15) is 9.59 Å². The largest absolute Gasteiger partial charge is 0.297 e. The van der Waals surface area contributed by atoms with E-state index in [1.807, 2.05) is 6.92 Å². The second-order valence-electron chi connectivity index (χ2n) is 5.23. The molecule has 0 unspecified atom stereocenters. The molecule has 2 fully saturated rings. The maximum absolute atomic E-state index is 12.0. The molecule has 0 radical (unpaired) electrons. The molecule has 3 heteroatoms. The first-order chi connectivity index (χ1) is 6.45. The first kappa shape index (κ1) is 9.60. The molecule has 2 saturated carbocycles. The van der Waals surface area contributed by atoms with Crippen molar-refractivity contribution in [3.63, 3.8) is 0 Å². The molecule has 0 N–H and O–H groups in total. The van der Waals surface area contributed by atoms with E-state index in [4.69, 9.17) is 0 Å². The fourth-order valence-electron chi connectivity index (χ4n) is 3.24. The van der Waals surface area contributed by atoms with E-state index in [0.29, 0.717) is 0 Å². The number of fused-ring (bicyclic) bond motifs is 2. The number of Topliss-reactive ketones (excluding diaryl/α,β-unsaturated/α-hetero) is 1. The van der Waals surface area contributed by atoms with Crippen LogP contribution >= 0.6 is 0 Å². The molecule has 0 aromatic heterocycles. The Morgan fingerprint density at radius 3 is 2.50 bits per heavy atom. The van der Waals surface area contributed by atoms with Gasteiger partial charge in [-0.25, -0.2) is 4.79 Å². The zero-order valence-corrected chi connectivity index (χ0v) is 8.83. The van der Waals surface area contributed by atoms with Crippen molar-refractivity contribution in [3.05, 3.63) is 0 Å². The second kappa shape index (κ2) is 2.54. The molecule has 0 amide bonds. The minimum absolute atomic E-state index is 0.0187. The molecule has 76 valence electrons. The Hall–Kier alpha value is -0.950. The van der Waals surface area contributed by atoms with Crippen molar-refractivity contribution in [3.8, 4) is 0 Å². The highest BCUT2D eigenvalue weighted by molar-refractivity contribution is 5.95. The van der Waals surface area contributed by atoms with E-state index in [1.54, 1.807) is 0 Å². The van der Waals surface area contributed by atoms with Crippen LogP contribution in [0.4, 0.5) is 0 Å². The van der Waals surface area contributed by atoms with Crippen molar-refractivity contribution in [2.24, 2.45) is 21.7 Å². The molecule has 0 saturated heterocycles. The minimum Gasteiger partial charge on any atom is -0.297 e. The molecule has 2 bridgehead atoms. The zero-order chi connectivity index (χ0) is 10.6. The number of rotatable bonds is 1. The number of carbonyl (C=O) groups excluding carboxylic acids is 2. The average Bonchev–Trinajstić information content (AvgIpc) is 2.41. The number of hydrogen-bond donors (Lipinski definition) is 0. The quantitative estimate of drug-likeness (QED) is 0.470. The van der Waals surface area contributed by atoms with Gasteiger partial charge in [-0.05, 0) is 24.2 Å². The van der Waals surface area contributed by atoms with E-state index in [1.165, 1.54) is 6.08 Å². The maximum atomic E-state index is 12.0. The molecule has 0 aromatic carbocycles. The molecule has 3 nitrogen and oxygen atoms in total. The maximum Gasteiger partial charge on any atom is 0.235 e. The number of ketones is 1. The van der Waals surface area contributed by atoms with E-state index in [-0.39, 0.29) is 22.5 Å². The number of aliphatic imine (C=N–C) groups is 1. The molecule has 0 aliphatic heterocycles. The summed E-state index contributed by atoms with van der Waals surface area (Å²) < 4.78 is 0. The van der Waals surface area contributed by atoms with E-state index in [2.05, 4.69) is 18.8 Å². The lowest BCUT2D eigenvalue weighted by Gasteiger charge is -2.31. The lowest BCUT2D eigenvalue weighted by molar-refractivity contribution is -0.129. The average molecular weight is 193 g/mol. The first-order valence-corrected chi connectivity index (χ1v) is 5.06. The summed E-state index contributed by atoms with van der Waals surface area (Å²) in [5, 5.41) is 0. The fraction of sp³-hybridized carbons (Fsp3) is 0.818. The topological polar surface area (TPSA) is 46.5 Å². The van der Waals surface area contributed by atoms with Crippen LogP contribution in [-0.2, 0) is 9.59 Å². The van der Waals surface area contributed by atoms with Crippen LogP contribution in [0.15, 0.2) is 4.99 Å². The van der Waals surface area contributed by atoms with E-state index < -0.39 is 6.04 Å². The van der Waals surface area contributed by atoms with Crippen molar-refractivity contribution < 1.29 is 9.59 Å². The van der Waals surface area contributed by atoms with Gasteiger partial charge < -0.3 is 0 Å². The van der Waals surface area contributed by atoms with Crippen molar-refractivity contribution in [1.29, 1.82) is 0 Å². The Morgan fingerprint density at radius 2 is 2.07 bits per heavy atom. The second-order valence-corrected chi connectivity index (χ2v) is 5.23. The van der Waals surface area contributed by atoms with E-state index in [0.717, 1.165) is 12.8 Å². The summed E-state index contributed by atoms with van der Waals surface area (Å²) >= 11 is 0. The van der Waals surface area contributed by atoms with Crippen LogP contribution in [0, 0.1) is 16.7 Å². The Morgan fingerprint density at radius 1 is 1.43 bits per heavy atom. The van der Waals surface area contributed by atoms with Crippen LogP contribution in [-0.4, -0.2) is 17.9 Å². The smallest absolute Gasteiger partial charge is 0.235 e. The van der Waals surface area contributed by atoms with Crippen LogP contribution in [0.1, 0.15) is 33.6 Å². The summed E-state index contributed by atoms with van der Waals surface area (Å²) in [6.45, 7) is 6.24. The molecule has 2 aliphatic rings. The van der Waals surface area contributed by atoms with Gasteiger partial charge in [0, 0.05) is 5.41 Å². The summed E-state index contributed by atoms with van der Waals surface area (Å²) in [6, 6.07) is -0.416. The number of hydrogen-bond acceptors (Lipinski definition) is 3. The monoisotopic (exact) mass is 193 g/mol. The van der Waals surface area contributed by atoms with Gasteiger partial charge in [-0.3, -0.25) is 4.79 Å². The lowest BCUT2D eigenvalue weighted by Crippen LogP contribution is -2.34. The van der Waals surface area contributed by atoms with Crippen LogP contribution in [0.2, 0.25) is 0 Å². The lowest BCUT2D eigenvalue weighted by atomic mass is 9.70. The van der Waals surface area contributed by atoms with Gasteiger partial charge in [0.25, 0.3) is 0 Å². The van der Waals surface area contributed by atoms with Gasteiger partial charge in [-0.1, -0.05) is 20.8 Å². The van der Waals surface area contributed by atoms with Gasteiger partial charge >= 0.3 is 0 Å². The molecule has 14 heavy (non-hydrogen) atoms. The van der Waals surface area contributed by atoms with Crippen LogP contribution in [0.25, 0.3) is 0 Å². The van der Waals surface area contributed by atoms with Gasteiger partial charge in [0.05, 0.1) is 0 Å². The predicted octanol–water partition coefficient (Wildman–Crippen LogP) is 1.72. The van der Waals surface area contributed by atoms with Crippen LogP contribution < -0.4 is 0 Å². The predicted molar refractivity (Wildman–Crippen MR) is 51.5 cm³/mol. The summed E-state index contributed by atoms with van der Waals surface area (Å²) in [7, 11) is 0. The van der Waals surface area contributed by atoms with Crippen molar-refractivity contribution >= 4 is 11.9 Å². The number of carbonyl (C=O) groups is 1. The molecular formula is C11H15NO2. The minimum atomic E-state index is -0.416. The highest BCUT2D eigenvalue weighted by Gasteiger charge is 2.66. The third-order valence-corrected chi connectivity index (χ3v) is 4.69. The normalized spacial score (nSPS) is 43.8. The Labute approximate surface area is 83.6 Å². The molecule has 0 spiro atoms. The highest BCUT2D eigenvalue weighted by atomic mass is 16.1. The third kappa shape index (κ3) is 0.813. The molecule has 2 aliphatic carbocycles.